The maximum atomic E-state index is 13.2. The lowest BCUT2D eigenvalue weighted by Crippen LogP contribution is -2.08. The molecule has 24 heavy (non-hydrogen) atoms. The highest BCUT2D eigenvalue weighted by Gasteiger charge is 2.11. The summed E-state index contributed by atoms with van der Waals surface area (Å²) in [6, 6.07) is 12.1. The van der Waals surface area contributed by atoms with E-state index in [2.05, 4.69) is 0 Å². The van der Waals surface area contributed by atoms with Gasteiger partial charge in [0.15, 0.2) is 0 Å². The Morgan fingerprint density at radius 1 is 1.17 bits per heavy atom. The number of fused-ring (bicyclic) bond motifs is 1. The number of hydrogen-bond donors (Lipinski definition) is 0. The second kappa shape index (κ2) is 6.66. The molecule has 1 heterocycles. The first kappa shape index (κ1) is 15.9. The van der Waals surface area contributed by atoms with E-state index >= 15 is 0 Å². The van der Waals surface area contributed by atoms with Gasteiger partial charge in [-0.05, 0) is 36.2 Å². The largest absolute Gasteiger partial charge is 0.457 e. The Hall–Kier alpha value is -2.95. The second-order valence-electron chi connectivity index (χ2n) is 5.36. The van der Waals surface area contributed by atoms with Crippen molar-refractivity contribution in [1.29, 1.82) is 0 Å². The summed E-state index contributed by atoms with van der Waals surface area (Å²) in [4.78, 5) is 23.7. The number of benzene rings is 2. The van der Waals surface area contributed by atoms with Crippen LogP contribution in [0, 0.1) is 5.82 Å². The Labute approximate surface area is 137 Å². The summed E-state index contributed by atoms with van der Waals surface area (Å²) in [6.07, 6.45) is 0.818. The summed E-state index contributed by atoms with van der Waals surface area (Å²) in [6.45, 7) is 1.91. The van der Waals surface area contributed by atoms with E-state index in [1.807, 2.05) is 19.1 Å². The summed E-state index contributed by atoms with van der Waals surface area (Å²) in [5.41, 5.74) is 1.66. The van der Waals surface area contributed by atoms with Crippen LogP contribution >= 0.6 is 0 Å². The Bertz CT molecular complexity index is 959. The quantitative estimate of drug-likeness (QED) is 0.540. The molecule has 0 unspecified atom stereocenters. The van der Waals surface area contributed by atoms with Crippen molar-refractivity contribution in [1.82, 2.24) is 0 Å². The molecule has 3 rings (SSSR count). The third kappa shape index (κ3) is 3.35. The minimum atomic E-state index is -0.652. The van der Waals surface area contributed by atoms with Crippen LogP contribution in [0.15, 0.2) is 57.7 Å². The summed E-state index contributed by atoms with van der Waals surface area (Å²) in [5.74, 6) is -1.16. The van der Waals surface area contributed by atoms with Crippen molar-refractivity contribution in [3.8, 4) is 0 Å². The van der Waals surface area contributed by atoms with Crippen LogP contribution in [0.5, 0.6) is 0 Å². The minimum Gasteiger partial charge on any atom is -0.457 e. The van der Waals surface area contributed by atoms with Gasteiger partial charge in [-0.25, -0.2) is 14.0 Å². The second-order valence-corrected chi connectivity index (χ2v) is 5.36. The van der Waals surface area contributed by atoms with Crippen molar-refractivity contribution in [2.75, 3.05) is 0 Å². The van der Waals surface area contributed by atoms with Crippen molar-refractivity contribution in [2.24, 2.45) is 0 Å². The molecule has 0 bridgehead atoms. The fraction of sp³-hybridized carbons (Fsp3) is 0.158. The van der Waals surface area contributed by atoms with Crippen LogP contribution in [0.2, 0.25) is 0 Å². The van der Waals surface area contributed by atoms with Gasteiger partial charge in [-0.2, -0.15) is 0 Å². The third-order valence-electron chi connectivity index (χ3n) is 3.72. The van der Waals surface area contributed by atoms with E-state index in [-0.39, 0.29) is 12.2 Å². The smallest absolute Gasteiger partial charge is 0.338 e. The average Bonchev–Trinajstić information content (AvgIpc) is 2.58. The van der Waals surface area contributed by atoms with E-state index in [4.69, 9.17) is 9.15 Å². The van der Waals surface area contributed by atoms with Gasteiger partial charge < -0.3 is 9.15 Å². The number of ether oxygens (including phenoxy) is 1. The van der Waals surface area contributed by atoms with Crippen molar-refractivity contribution in [3.63, 3.8) is 0 Å². The molecule has 0 aliphatic heterocycles. The van der Waals surface area contributed by atoms with Crippen molar-refractivity contribution in [3.05, 3.63) is 81.5 Å². The van der Waals surface area contributed by atoms with E-state index in [0.29, 0.717) is 16.5 Å². The number of esters is 1. The summed E-state index contributed by atoms with van der Waals surface area (Å²) in [5, 5.41) is 0.707. The van der Waals surface area contributed by atoms with E-state index in [1.165, 1.54) is 24.3 Å². The fourth-order valence-electron chi connectivity index (χ4n) is 2.46. The first-order valence-corrected chi connectivity index (χ1v) is 7.55. The van der Waals surface area contributed by atoms with E-state index < -0.39 is 17.4 Å². The molecule has 4 nitrogen and oxygen atoms in total. The lowest BCUT2D eigenvalue weighted by Gasteiger charge is -2.08. The Morgan fingerprint density at radius 2 is 2.00 bits per heavy atom. The summed E-state index contributed by atoms with van der Waals surface area (Å²) < 4.78 is 23.6. The molecule has 0 aliphatic rings. The Balaban J connectivity index is 1.87. The van der Waals surface area contributed by atoms with Crippen LogP contribution in [-0.4, -0.2) is 5.97 Å². The SMILES string of the molecule is CCc1ccc2c(COC(=O)c3cccc(F)c3)cc(=O)oc2c1. The molecule has 0 saturated heterocycles. The molecule has 0 spiro atoms. The molecular weight excluding hydrogens is 311 g/mol. The molecule has 0 amide bonds. The van der Waals surface area contributed by atoms with E-state index in [9.17, 15) is 14.0 Å². The first-order chi connectivity index (χ1) is 11.6. The van der Waals surface area contributed by atoms with Crippen LogP contribution in [0.3, 0.4) is 0 Å². The number of halogens is 1. The summed E-state index contributed by atoms with van der Waals surface area (Å²) in [7, 11) is 0. The monoisotopic (exact) mass is 326 g/mol. The molecule has 0 radical (unpaired) electrons. The summed E-state index contributed by atoms with van der Waals surface area (Å²) >= 11 is 0. The number of carbonyl (C=O) groups is 1. The van der Waals surface area contributed by atoms with Crippen molar-refractivity contribution in [2.45, 2.75) is 20.0 Å². The Morgan fingerprint density at radius 3 is 2.75 bits per heavy atom. The number of hydrogen-bond acceptors (Lipinski definition) is 4. The molecule has 1 aromatic heterocycles. The molecule has 122 valence electrons. The lowest BCUT2D eigenvalue weighted by atomic mass is 10.1. The number of rotatable bonds is 4. The van der Waals surface area contributed by atoms with Crippen LogP contribution in [0.1, 0.15) is 28.4 Å². The molecule has 0 aliphatic carbocycles. The number of carbonyl (C=O) groups excluding carboxylic acids is 1. The molecular formula is C19H15FO4. The van der Waals surface area contributed by atoms with Gasteiger partial charge >= 0.3 is 11.6 Å². The van der Waals surface area contributed by atoms with Gasteiger partial charge in [-0.3, -0.25) is 0 Å². The highest BCUT2D eigenvalue weighted by atomic mass is 19.1. The standard InChI is InChI=1S/C19H15FO4/c1-2-12-6-7-16-14(10-18(21)24-17(16)8-12)11-23-19(22)13-4-3-5-15(20)9-13/h3-10H,2,11H2,1H3. The predicted octanol–water partition coefficient (Wildman–Crippen LogP) is 3.85. The topological polar surface area (TPSA) is 56.5 Å². The molecule has 0 saturated carbocycles. The maximum Gasteiger partial charge on any atom is 0.338 e. The van der Waals surface area contributed by atoms with Crippen LogP contribution < -0.4 is 5.63 Å². The highest BCUT2D eigenvalue weighted by Crippen LogP contribution is 2.20. The zero-order chi connectivity index (χ0) is 17.1. The van der Waals surface area contributed by atoms with E-state index in [0.717, 1.165) is 18.1 Å². The van der Waals surface area contributed by atoms with Crippen molar-refractivity contribution < 1.29 is 18.3 Å². The van der Waals surface area contributed by atoms with E-state index in [1.54, 1.807) is 6.07 Å². The first-order valence-electron chi connectivity index (χ1n) is 7.55. The predicted molar refractivity (Wildman–Crippen MR) is 87.4 cm³/mol. The maximum absolute atomic E-state index is 13.2. The van der Waals surface area contributed by atoms with Gasteiger partial charge in [0.05, 0.1) is 5.56 Å². The van der Waals surface area contributed by atoms with Gasteiger partial charge in [0, 0.05) is 17.0 Å². The minimum absolute atomic E-state index is 0.0943. The van der Waals surface area contributed by atoms with Gasteiger partial charge in [0.2, 0.25) is 0 Å². The van der Waals surface area contributed by atoms with Gasteiger partial charge in [-0.1, -0.05) is 25.1 Å². The normalized spacial score (nSPS) is 10.8. The molecule has 0 fully saturated rings. The van der Waals surface area contributed by atoms with Crippen LogP contribution in [-0.2, 0) is 17.8 Å². The highest BCUT2D eigenvalue weighted by molar-refractivity contribution is 5.89. The molecule has 2 aromatic carbocycles. The Kier molecular flexibility index (Phi) is 4.42. The number of aryl methyl sites for hydroxylation is 1. The molecule has 3 aromatic rings. The van der Waals surface area contributed by atoms with Crippen molar-refractivity contribution >= 4 is 16.9 Å². The zero-order valence-corrected chi connectivity index (χ0v) is 13.0. The molecule has 5 heteroatoms. The van der Waals surface area contributed by atoms with Crippen LogP contribution in [0.25, 0.3) is 11.0 Å². The lowest BCUT2D eigenvalue weighted by molar-refractivity contribution is 0.0473. The third-order valence-corrected chi connectivity index (χ3v) is 3.72. The van der Waals surface area contributed by atoms with Gasteiger partial charge in [0.25, 0.3) is 0 Å². The van der Waals surface area contributed by atoms with Crippen LogP contribution in [0.4, 0.5) is 4.39 Å². The van der Waals surface area contributed by atoms with Gasteiger partial charge in [0.1, 0.15) is 18.0 Å². The fourth-order valence-corrected chi connectivity index (χ4v) is 2.46. The molecule has 0 atom stereocenters. The van der Waals surface area contributed by atoms with Gasteiger partial charge in [-0.15, -0.1) is 0 Å². The zero-order valence-electron chi connectivity index (χ0n) is 13.0. The molecule has 0 N–H and O–H groups in total. The average molecular weight is 326 g/mol.